The molecule has 2 aromatic rings. The third-order valence-corrected chi connectivity index (χ3v) is 3.08. The van der Waals surface area contributed by atoms with E-state index in [2.05, 4.69) is 22.4 Å². The molecule has 6 heteroatoms. The van der Waals surface area contributed by atoms with Crippen LogP contribution in [0, 0.1) is 0 Å². The molecule has 0 radical (unpaired) electrons. The van der Waals surface area contributed by atoms with E-state index in [4.69, 9.17) is 5.11 Å². The fraction of sp³-hybridized carbons (Fsp3) is 0.267. The number of aromatic nitrogens is 2. The molecule has 0 fully saturated rings. The van der Waals surface area contributed by atoms with Gasteiger partial charge in [-0.25, -0.2) is 4.79 Å². The van der Waals surface area contributed by atoms with Crippen molar-refractivity contribution in [2.75, 3.05) is 5.32 Å². The number of carboxylic acids is 1. The number of amides is 1. The minimum absolute atomic E-state index is 0.0692. The highest BCUT2D eigenvalue weighted by Gasteiger charge is 2.11. The van der Waals surface area contributed by atoms with Crippen molar-refractivity contribution in [1.82, 2.24) is 10.2 Å². The van der Waals surface area contributed by atoms with Crippen LogP contribution in [0.2, 0.25) is 0 Å². The third-order valence-electron chi connectivity index (χ3n) is 3.08. The number of aryl methyl sites for hydroxylation is 1. The van der Waals surface area contributed by atoms with Crippen LogP contribution >= 0.6 is 0 Å². The molecule has 1 heterocycles. The summed E-state index contributed by atoms with van der Waals surface area (Å²) in [7, 11) is 0. The molecular weight excluding hydrogens is 270 g/mol. The number of carboxylic acid groups (broad SMARTS) is 1. The fourth-order valence-electron chi connectivity index (χ4n) is 1.89. The SMILES string of the molecule is CCCCc1ccc(C(=O)Nc2cc(C(=O)O)[nH]n2)cc1. The molecule has 1 amide bonds. The average molecular weight is 287 g/mol. The second-order valence-corrected chi connectivity index (χ2v) is 4.73. The monoisotopic (exact) mass is 287 g/mol. The molecule has 0 bridgehead atoms. The number of carbonyl (C=O) groups excluding carboxylic acids is 1. The number of H-pyrrole nitrogens is 1. The van der Waals surface area contributed by atoms with Crippen molar-refractivity contribution in [3.63, 3.8) is 0 Å². The number of aromatic amines is 1. The van der Waals surface area contributed by atoms with E-state index < -0.39 is 5.97 Å². The molecule has 0 spiro atoms. The maximum Gasteiger partial charge on any atom is 0.353 e. The third kappa shape index (κ3) is 3.92. The normalized spacial score (nSPS) is 10.3. The summed E-state index contributed by atoms with van der Waals surface area (Å²) in [5, 5.41) is 17.4. The van der Waals surface area contributed by atoms with Crippen LogP contribution in [0.1, 0.15) is 46.2 Å². The number of aromatic carboxylic acids is 1. The molecule has 1 aromatic carbocycles. The van der Waals surface area contributed by atoms with Crippen molar-refractivity contribution in [1.29, 1.82) is 0 Å². The van der Waals surface area contributed by atoms with Gasteiger partial charge in [-0.3, -0.25) is 9.89 Å². The van der Waals surface area contributed by atoms with E-state index in [0.717, 1.165) is 19.3 Å². The van der Waals surface area contributed by atoms with Gasteiger partial charge in [0.25, 0.3) is 5.91 Å². The lowest BCUT2D eigenvalue weighted by Gasteiger charge is -2.04. The van der Waals surface area contributed by atoms with Crippen LogP contribution in [0.15, 0.2) is 30.3 Å². The fourth-order valence-corrected chi connectivity index (χ4v) is 1.89. The lowest BCUT2D eigenvalue weighted by atomic mass is 10.1. The van der Waals surface area contributed by atoms with Crippen molar-refractivity contribution in [3.05, 3.63) is 47.2 Å². The van der Waals surface area contributed by atoms with E-state index in [1.165, 1.54) is 11.6 Å². The van der Waals surface area contributed by atoms with Crippen LogP contribution in [-0.4, -0.2) is 27.2 Å². The van der Waals surface area contributed by atoms with Crippen molar-refractivity contribution in [2.45, 2.75) is 26.2 Å². The van der Waals surface area contributed by atoms with Crippen LogP contribution in [-0.2, 0) is 6.42 Å². The van der Waals surface area contributed by atoms with Gasteiger partial charge in [0.15, 0.2) is 5.82 Å². The van der Waals surface area contributed by atoms with Crippen LogP contribution in [0.25, 0.3) is 0 Å². The van der Waals surface area contributed by atoms with Crippen LogP contribution in [0.4, 0.5) is 5.82 Å². The van der Waals surface area contributed by atoms with Gasteiger partial charge < -0.3 is 10.4 Å². The van der Waals surface area contributed by atoms with Gasteiger partial charge in [-0.05, 0) is 30.5 Å². The zero-order valence-electron chi connectivity index (χ0n) is 11.7. The molecule has 0 aliphatic heterocycles. The molecule has 2 rings (SSSR count). The molecule has 0 aliphatic carbocycles. The Bertz CT molecular complexity index is 632. The number of benzene rings is 1. The van der Waals surface area contributed by atoms with Crippen LogP contribution in [0.3, 0.4) is 0 Å². The zero-order valence-corrected chi connectivity index (χ0v) is 11.7. The van der Waals surface area contributed by atoms with Gasteiger partial charge in [-0.15, -0.1) is 0 Å². The largest absolute Gasteiger partial charge is 0.477 e. The first kappa shape index (κ1) is 14.8. The number of anilines is 1. The molecule has 110 valence electrons. The summed E-state index contributed by atoms with van der Waals surface area (Å²) < 4.78 is 0. The van der Waals surface area contributed by atoms with Crippen molar-refractivity contribution >= 4 is 17.7 Å². The Balaban J connectivity index is 2.00. The van der Waals surface area contributed by atoms with Crippen LogP contribution < -0.4 is 5.32 Å². The Morgan fingerprint density at radius 3 is 2.57 bits per heavy atom. The lowest BCUT2D eigenvalue weighted by molar-refractivity contribution is 0.0690. The highest BCUT2D eigenvalue weighted by atomic mass is 16.4. The molecular formula is C15H17N3O3. The van der Waals surface area contributed by atoms with Gasteiger partial charge in [0.05, 0.1) is 0 Å². The first-order valence-electron chi connectivity index (χ1n) is 6.79. The summed E-state index contributed by atoms with van der Waals surface area (Å²) in [5.74, 6) is -1.25. The second kappa shape index (κ2) is 6.69. The van der Waals surface area contributed by atoms with Gasteiger partial charge in [-0.1, -0.05) is 25.5 Å². The molecule has 0 saturated carbocycles. The number of hydrogen-bond acceptors (Lipinski definition) is 3. The summed E-state index contributed by atoms with van der Waals surface area (Å²) in [4.78, 5) is 22.7. The first-order valence-corrected chi connectivity index (χ1v) is 6.79. The maximum absolute atomic E-state index is 12.0. The van der Waals surface area contributed by atoms with Crippen molar-refractivity contribution < 1.29 is 14.7 Å². The van der Waals surface area contributed by atoms with E-state index in [-0.39, 0.29) is 17.4 Å². The number of hydrogen-bond donors (Lipinski definition) is 3. The van der Waals surface area contributed by atoms with E-state index in [1.54, 1.807) is 12.1 Å². The summed E-state index contributed by atoms with van der Waals surface area (Å²) in [6.07, 6.45) is 3.25. The number of carbonyl (C=O) groups is 2. The maximum atomic E-state index is 12.0. The Morgan fingerprint density at radius 2 is 2.00 bits per heavy atom. The second-order valence-electron chi connectivity index (χ2n) is 4.73. The molecule has 0 unspecified atom stereocenters. The minimum atomic E-state index is -1.12. The minimum Gasteiger partial charge on any atom is -0.477 e. The predicted octanol–water partition coefficient (Wildman–Crippen LogP) is 2.70. The van der Waals surface area contributed by atoms with E-state index >= 15 is 0 Å². The summed E-state index contributed by atoms with van der Waals surface area (Å²) in [5.41, 5.74) is 1.64. The standard InChI is InChI=1S/C15H17N3O3/c1-2-3-4-10-5-7-11(8-6-10)14(19)16-13-9-12(15(20)21)17-18-13/h5-9H,2-4H2,1H3,(H,20,21)(H2,16,17,18,19). The number of nitrogens with zero attached hydrogens (tertiary/aromatic N) is 1. The first-order chi connectivity index (χ1) is 10.1. The number of nitrogens with one attached hydrogen (secondary N) is 2. The van der Waals surface area contributed by atoms with E-state index in [0.29, 0.717) is 5.56 Å². The van der Waals surface area contributed by atoms with E-state index in [9.17, 15) is 9.59 Å². The molecule has 1 aromatic heterocycles. The van der Waals surface area contributed by atoms with Crippen LogP contribution in [0.5, 0.6) is 0 Å². The number of unbranched alkanes of at least 4 members (excludes halogenated alkanes) is 1. The number of rotatable bonds is 6. The van der Waals surface area contributed by atoms with E-state index in [1.807, 2.05) is 12.1 Å². The molecule has 0 aliphatic rings. The summed E-state index contributed by atoms with van der Waals surface area (Å²) in [6, 6.07) is 8.64. The lowest BCUT2D eigenvalue weighted by Crippen LogP contribution is -2.12. The molecule has 0 saturated heterocycles. The quantitative estimate of drug-likeness (QED) is 0.761. The summed E-state index contributed by atoms with van der Waals surface area (Å²) >= 11 is 0. The molecule has 6 nitrogen and oxygen atoms in total. The highest BCUT2D eigenvalue weighted by molar-refractivity contribution is 6.04. The molecule has 21 heavy (non-hydrogen) atoms. The Morgan fingerprint density at radius 1 is 1.29 bits per heavy atom. The van der Waals surface area contributed by atoms with Gasteiger partial charge in [0.1, 0.15) is 5.69 Å². The zero-order chi connectivity index (χ0) is 15.2. The van der Waals surface area contributed by atoms with Crippen molar-refractivity contribution in [2.24, 2.45) is 0 Å². The summed E-state index contributed by atoms with van der Waals surface area (Å²) in [6.45, 7) is 2.14. The Labute approximate surface area is 122 Å². The average Bonchev–Trinajstić information content (AvgIpc) is 2.94. The topological polar surface area (TPSA) is 95.1 Å². The highest BCUT2D eigenvalue weighted by Crippen LogP contribution is 2.11. The van der Waals surface area contributed by atoms with Gasteiger partial charge in [0, 0.05) is 11.6 Å². The predicted molar refractivity (Wildman–Crippen MR) is 78.6 cm³/mol. The van der Waals surface area contributed by atoms with Crippen molar-refractivity contribution in [3.8, 4) is 0 Å². The Hall–Kier alpha value is -2.63. The molecule has 0 atom stereocenters. The van der Waals surface area contributed by atoms with Gasteiger partial charge >= 0.3 is 5.97 Å². The van der Waals surface area contributed by atoms with Gasteiger partial charge in [0.2, 0.25) is 0 Å². The Kier molecular flexibility index (Phi) is 4.71. The molecule has 3 N–H and O–H groups in total. The smallest absolute Gasteiger partial charge is 0.353 e. The van der Waals surface area contributed by atoms with Gasteiger partial charge in [-0.2, -0.15) is 5.10 Å².